The van der Waals surface area contributed by atoms with Crippen molar-refractivity contribution < 1.29 is 19.0 Å². The van der Waals surface area contributed by atoms with E-state index in [9.17, 15) is 14.3 Å². The van der Waals surface area contributed by atoms with Crippen LogP contribution < -0.4 is 4.74 Å². The number of aromatic nitrogens is 1. The number of aliphatic carboxylic acids is 1. The summed E-state index contributed by atoms with van der Waals surface area (Å²) < 4.78 is 19.0. The zero-order valence-electron chi connectivity index (χ0n) is 13.9. The van der Waals surface area contributed by atoms with E-state index in [0.717, 1.165) is 6.20 Å². The van der Waals surface area contributed by atoms with Gasteiger partial charge in [0.25, 0.3) is 0 Å². The van der Waals surface area contributed by atoms with Crippen LogP contribution in [0.15, 0.2) is 12.3 Å². The van der Waals surface area contributed by atoms with E-state index in [4.69, 9.17) is 4.74 Å². The van der Waals surface area contributed by atoms with Crippen LogP contribution in [-0.2, 0) is 11.3 Å². The van der Waals surface area contributed by atoms with Gasteiger partial charge < -0.3 is 9.84 Å². The van der Waals surface area contributed by atoms with Crippen molar-refractivity contribution in [3.05, 3.63) is 23.6 Å². The predicted octanol–water partition coefficient (Wildman–Crippen LogP) is 2.80. The van der Waals surface area contributed by atoms with Gasteiger partial charge in [0.15, 0.2) is 0 Å². The minimum atomic E-state index is -0.900. The molecular formula is C16H25FN2O3. The fraction of sp³-hybridized carbons (Fsp3) is 0.625. The van der Waals surface area contributed by atoms with E-state index in [1.807, 2.05) is 18.7 Å². The molecule has 0 spiro atoms. The van der Waals surface area contributed by atoms with Crippen LogP contribution in [0.4, 0.5) is 4.39 Å². The molecule has 1 rings (SSSR count). The molecule has 0 fully saturated rings. The summed E-state index contributed by atoms with van der Waals surface area (Å²) in [6.45, 7) is 8.78. The van der Waals surface area contributed by atoms with Crippen molar-refractivity contribution in [3.8, 4) is 5.88 Å². The van der Waals surface area contributed by atoms with Crippen LogP contribution in [0, 0.1) is 17.2 Å². The first-order valence-electron chi connectivity index (χ1n) is 7.30. The van der Waals surface area contributed by atoms with Crippen molar-refractivity contribution in [3.63, 3.8) is 0 Å². The average Bonchev–Trinajstić information content (AvgIpc) is 2.39. The Kier molecular flexibility index (Phi) is 6.29. The molecule has 0 aliphatic heterocycles. The van der Waals surface area contributed by atoms with E-state index < -0.39 is 17.2 Å². The number of carboxylic acid groups (broad SMARTS) is 1. The Balaban J connectivity index is 2.96. The van der Waals surface area contributed by atoms with Crippen molar-refractivity contribution in [1.29, 1.82) is 0 Å². The third-order valence-electron chi connectivity index (χ3n) is 3.33. The Bertz CT molecular complexity index is 518. The first kappa shape index (κ1) is 18.4. The molecule has 5 nitrogen and oxygen atoms in total. The Labute approximate surface area is 131 Å². The van der Waals surface area contributed by atoms with E-state index >= 15 is 0 Å². The van der Waals surface area contributed by atoms with Gasteiger partial charge in [0.2, 0.25) is 5.88 Å². The maximum Gasteiger partial charge on any atom is 0.310 e. The van der Waals surface area contributed by atoms with Gasteiger partial charge in [-0.15, -0.1) is 0 Å². The normalized spacial score (nSPS) is 12.0. The summed E-state index contributed by atoms with van der Waals surface area (Å²) in [5.41, 5.74) is -0.448. The van der Waals surface area contributed by atoms with E-state index in [1.165, 1.54) is 7.11 Å². The Morgan fingerprint density at radius 2 is 2.14 bits per heavy atom. The van der Waals surface area contributed by atoms with Gasteiger partial charge >= 0.3 is 5.97 Å². The molecule has 0 saturated heterocycles. The second kappa shape index (κ2) is 7.54. The molecular weight excluding hydrogens is 287 g/mol. The summed E-state index contributed by atoms with van der Waals surface area (Å²) in [4.78, 5) is 17.1. The third kappa shape index (κ3) is 5.26. The predicted molar refractivity (Wildman–Crippen MR) is 82.3 cm³/mol. The lowest BCUT2D eigenvalue weighted by Gasteiger charge is -2.31. The van der Waals surface area contributed by atoms with Crippen molar-refractivity contribution in [2.45, 2.75) is 34.2 Å². The summed E-state index contributed by atoms with van der Waals surface area (Å²) in [6.07, 6.45) is 1.13. The van der Waals surface area contributed by atoms with Crippen molar-refractivity contribution in [2.24, 2.45) is 11.3 Å². The molecule has 0 bridgehead atoms. The molecule has 0 radical (unpaired) electrons. The molecule has 1 N–H and O–H groups in total. The molecule has 0 unspecified atom stereocenters. The molecule has 0 amide bonds. The highest BCUT2D eigenvalue weighted by molar-refractivity contribution is 5.73. The standard InChI is InChI=1S/C16H25FN2O3/c1-11(2)8-19(10-16(3,4)15(20)21)9-12-6-14(22-5)18-7-13(12)17/h6-7,11H,8-10H2,1-5H3,(H,20,21). The number of methoxy groups -OCH3 is 1. The summed E-state index contributed by atoms with van der Waals surface area (Å²) in [6, 6.07) is 1.55. The highest BCUT2D eigenvalue weighted by Crippen LogP contribution is 2.22. The minimum absolute atomic E-state index is 0.319. The number of halogens is 1. The highest BCUT2D eigenvalue weighted by atomic mass is 19.1. The smallest absolute Gasteiger partial charge is 0.310 e. The average molecular weight is 312 g/mol. The lowest BCUT2D eigenvalue weighted by Crippen LogP contribution is -2.40. The zero-order chi connectivity index (χ0) is 16.9. The molecule has 1 aromatic rings. The SMILES string of the molecule is COc1cc(CN(CC(C)C)CC(C)(C)C(=O)O)c(F)cn1. The molecule has 124 valence electrons. The Hall–Kier alpha value is -1.69. The number of pyridine rings is 1. The lowest BCUT2D eigenvalue weighted by molar-refractivity contribution is -0.148. The molecule has 0 aliphatic carbocycles. The number of rotatable bonds is 8. The fourth-order valence-electron chi connectivity index (χ4n) is 2.26. The van der Waals surface area contributed by atoms with Gasteiger partial charge in [0.05, 0.1) is 18.7 Å². The fourth-order valence-corrected chi connectivity index (χ4v) is 2.26. The molecule has 0 saturated carbocycles. The maximum atomic E-state index is 13.9. The van der Waals surface area contributed by atoms with E-state index in [1.54, 1.807) is 19.9 Å². The van der Waals surface area contributed by atoms with Gasteiger partial charge in [-0.05, 0) is 19.8 Å². The van der Waals surface area contributed by atoms with E-state index in [-0.39, 0.29) is 0 Å². The van der Waals surface area contributed by atoms with Gasteiger partial charge in [-0.25, -0.2) is 9.37 Å². The first-order chi connectivity index (χ1) is 10.2. The minimum Gasteiger partial charge on any atom is -0.481 e. The Morgan fingerprint density at radius 3 is 2.64 bits per heavy atom. The monoisotopic (exact) mass is 312 g/mol. The summed E-state index contributed by atoms with van der Waals surface area (Å²) in [5.74, 6) is -0.591. The maximum absolute atomic E-state index is 13.9. The van der Waals surface area contributed by atoms with Crippen LogP contribution >= 0.6 is 0 Å². The zero-order valence-corrected chi connectivity index (χ0v) is 13.9. The molecule has 1 aromatic heterocycles. The highest BCUT2D eigenvalue weighted by Gasteiger charge is 2.30. The van der Waals surface area contributed by atoms with Crippen molar-refractivity contribution in [1.82, 2.24) is 9.88 Å². The topological polar surface area (TPSA) is 62.7 Å². The van der Waals surface area contributed by atoms with Gasteiger partial charge in [-0.3, -0.25) is 9.69 Å². The second-order valence-electron chi connectivity index (χ2n) is 6.57. The van der Waals surface area contributed by atoms with E-state index in [2.05, 4.69) is 4.98 Å². The van der Waals surface area contributed by atoms with Gasteiger partial charge in [-0.2, -0.15) is 0 Å². The number of carboxylic acids is 1. The Morgan fingerprint density at radius 1 is 1.50 bits per heavy atom. The molecule has 6 heteroatoms. The van der Waals surface area contributed by atoms with Crippen LogP contribution in [0.1, 0.15) is 33.3 Å². The summed E-state index contributed by atoms with van der Waals surface area (Å²) in [5, 5.41) is 9.30. The lowest BCUT2D eigenvalue weighted by atomic mass is 9.92. The van der Waals surface area contributed by atoms with Crippen LogP contribution in [0.5, 0.6) is 5.88 Å². The number of hydrogen-bond donors (Lipinski definition) is 1. The summed E-state index contributed by atoms with van der Waals surface area (Å²) in [7, 11) is 1.48. The molecule has 0 aliphatic rings. The number of ether oxygens (including phenoxy) is 1. The van der Waals surface area contributed by atoms with Crippen LogP contribution in [0.2, 0.25) is 0 Å². The first-order valence-corrected chi connectivity index (χ1v) is 7.30. The number of carbonyl (C=O) groups is 1. The van der Waals surface area contributed by atoms with E-state index in [0.29, 0.717) is 37.0 Å². The largest absolute Gasteiger partial charge is 0.481 e. The number of nitrogens with zero attached hydrogens (tertiary/aromatic N) is 2. The van der Waals surface area contributed by atoms with Crippen molar-refractivity contribution in [2.75, 3.05) is 20.2 Å². The van der Waals surface area contributed by atoms with Crippen molar-refractivity contribution >= 4 is 5.97 Å². The van der Waals surface area contributed by atoms with Crippen LogP contribution in [-0.4, -0.2) is 41.2 Å². The van der Waals surface area contributed by atoms with Gasteiger partial charge in [0.1, 0.15) is 5.82 Å². The number of hydrogen-bond acceptors (Lipinski definition) is 4. The molecule has 1 heterocycles. The quantitative estimate of drug-likeness (QED) is 0.800. The second-order valence-corrected chi connectivity index (χ2v) is 6.57. The van der Waals surface area contributed by atoms with Crippen LogP contribution in [0.25, 0.3) is 0 Å². The summed E-state index contributed by atoms with van der Waals surface area (Å²) >= 11 is 0. The molecule has 0 atom stereocenters. The van der Waals surface area contributed by atoms with Crippen LogP contribution in [0.3, 0.4) is 0 Å². The van der Waals surface area contributed by atoms with Gasteiger partial charge in [0, 0.05) is 31.3 Å². The molecule has 0 aromatic carbocycles. The third-order valence-corrected chi connectivity index (χ3v) is 3.33. The van der Waals surface area contributed by atoms with Gasteiger partial charge in [-0.1, -0.05) is 13.8 Å². The molecule has 22 heavy (non-hydrogen) atoms.